The van der Waals surface area contributed by atoms with Crippen LogP contribution in [0.1, 0.15) is 30.9 Å². The number of sulfone groups is 1. The second kappa shape index (κ2) is 9.77. The largest absolute Gasteiger partial charge is 0.481 e. The average Bonchev–Trinajstić information content (AvgIpc) is 2.84. The van der Waals surface area contributed by atoms with Gasteiger partial charge in [0, 0.05) is 17.2 Å². The van der Waals surface area contributed by atoms with Gasteiger partial charge in [0.2, 0.25) is 0 Å². The zero-order valence-corrected chi connectivity index (χ0v) is 20.7. The van der Waals surface area contributed by atoms with E-state index >= 15 is 0 Å². The fraction of sp³-hybridized carbons (Fsp3) is 0.214. The lowest BCUT2D eigenvalue weighted by atomic mass is 9.99. The molecule has 0 amide bonds. The van der Waals surface area contributed by atoms with Gasteiger partial charge in [0.15, 0.2) is 9.84 Å². The minimum Gasteiger partial charge on any atom is -0.481 e. The van der Waals surface area contributed by atoms with E-state index in [0.29, 0.717) is 28.4 Å². The van der Waals surface area contributed by atoms with Gasteiger partial charge >= 0.3 is 5.69 Å². The number of terminal acetylenes is 1. The summed E-state index contributed by atoms with van der Waals surface area (Å²) in [6.07, 6.45) is 6.50. The lowest BCUT2D eigenvalue weighted by Crippen LogP contribution is -2.24. The van der Waals surface area contributed by atoms with Crippen LogP contribution in [0, 0.1) is 12.3 Å². The van der Waals surface area contributed by atoms with Crippen molar-refractivity contribution in [3.8, 4) is 29.4 Å². The first-order valence-electron chi connectivity index (χ1n) is 11.2. The molecule has 0 bridgehead atoms. The molecule has 0 unspecified atom stereocenters. The molecule has 0 aliphatic heterocycles. The van der Waals surface area contributed by atoms with E-state index in [0.717, 1.165) is 17.2 Å². The zero-order chi connectivity index (χ0) is 25.2. The molecule has 0 spiro atoms. The number of hydrogen-bond donors (Lipinski definition) is 0. The van der Waals surface area contributed by atoms with Gasteiger partial charge in [0.1, 0.15) is 12.4 Å². The van der Waals surface area contributed by atoms with E-state index in [1.54, 1.807) is 30.3 Å². The zero-order valence-electron chi connectivity index (χ0n) is 19.9. The van der Waals surface area contributed by atoms with Crippen LogP contribution in [0.25, 0.3) is 22.2 Å². The molecular formula is C28H26N2O4S. The summed E-state index contributed by atoms with van der Waals surface area (Å²) in [5.41, 5.74) is 3.47. The Bertz CT molecular complexity index is 1600. The Morgan fingerprint density at radius 1 is 1.06 bits per heavy atom. The number of hydrogen-bond acceptors (Lipinski definition) is 5. The van der Waals surface area contributed by atoms with Crippen molar-refractivity contribution >= 4 is 20.7 Å². The second-order valence-electron chi connectivity index (χ2n) is 8.70. The molecular weight excluding hydrogens is 460 g/mol. The Hall–Kier alpha value is -3.89. The lowest BCUT2D eigenvalue weighted by molar-refractivity contribution is 0.371. The lowest BCUT2D eigenvalue weighted by Gasteiger charge is -2.15. The van der Waals surface area contributed by atoms with Crippen molar-refractivity contribution in [2.75, 3.05) is 12.9 Å². The highest BCUT2D eigenvalue weighted by Crippen LogP contribution is 2.30. The van der Waals surface area contributed by atoms with E-state index < -0.39 is 15.5 Å². The molecule has 0 saturated carbocycles. The van der Waals surface area contributed by atoms with Gasteiger partial charge in [-0.3, -0.25) is 4.57 Å². The third-order valence-corrected chi connectivity index (χ3v) is 6.90. The molecule has 1 aromatic heterocycles. The fourth-order valence-electron chi connectivity index (χ4n) is 3.93. The van der Waals surface area contributed by atoms with Crippen LogP contribution >= 0.6 is 0 Å². The van der Waals surface area contributed by atoms with Gasteiger partial charge in [0.05, 0.1) is 22.7 Å². The van der Waals surface area contributed by atoms with E-state index in [4.69, 9.17) is 11.2 Å². The standard InChI is InChI=1S/C28H26N2O4S/c1-5-15-34-23-13-14-26-25(17-23)27(22-11-9-21(10-12-22)19(2)3)29-28(31)30(26)18-20-7-6-8-24(16-20)35(4,32)33/h1,6-14,16-17,19H,15,18H2,2-4H3. The molecule has 0 aliphatic carbocycles. The molecule has 35 heavy (non-hydrogen) atoms. The summed E-state index contributed by atoms with van der Waals surface area (Å²) in [5, 5.41) is 0.732. The van der Waals surface area contributed by atoms with Gasteiger partial charge in [-0.15, -0.1) is 6.42 Å². The molecule has 6 nitrogen and oxygen atoms in total. The van der Waals surface area contributed by atoms with Gasteiger partial charge in [-0.05, 0) is 47.4 Å². The molecule has 1 heterocycles. The topological polar surface area (TPSA) is 78.3 Å². The quantitative estimate of drug-likeness (QED) is 0.355. The molecule has 7 heteroatoms. The molecule has 0 fully saturated rings. The van der Waals surface area contributed by atoms with Gasteiger partial charge in [-0.1, -0.05) is 56.2 Å². The smallest absolute Gasteiger partial charge is 0.348 e. The van der Waals surface area contributed by atoms with Crippen molar-refractivity contribution in [3.05, 3.63) is 88.3 Å². The van der Waals surface area contributed by atoms with Crippen LogP contribution in [0.2, 0.25) is 0 Å². The summed E-state index contributed by atoms with van der Waals surface area (Å²) < 4.78 is 31.2. The van der Waals surface area contributed by atoms with Crippen LogP contribution in [-0.2, 0) is 16.4 Å². The van der Waals surface area contributed by atoms with E-state index in [-0.39, 0.29) is 18.0 Å². The van der Waals surface area contributed by atoms with Gasteiger partial charge in [-0.2, -0.15) is 4.98 Å². The van der Waals surface area contributed by atoms with Crippen LogP contribution in [0.3, 0.4) is 0 Å². The van der Waals surface area contributed by atoms with Crippen molar-refractivity contribution in [1.82, 2.24) is 9.55 Å². The highest BCUT2D eigenvalue weighted by molar-refractivity contribution is 7.90. The first-order valence-corrected chi connectivity index (χ1v) is 13.1. The minimum atomic E-state index is -3.37. The summed E-state index contributed by atoms with van der Waals surface area (Å²) >= 11 is 0. The van der Waals surface area contributed by atoms with Crippen molar-refractivity contribution in [3.63, 3.8) is 0 Å². The average molecular weight is 487 g/mol. The minimum absolute atomic E-state index is 0.120. The maximum absolute atomic E-state index is 13.2. The van der Waals surface area contributed by atoms with E-state index in [9.17, 15) is 13.2 Å². The van der Waals surface area contributed by atoms with Crippen molar-refractivity contribution < 1.29 is 13.2 Å². The predicted molar refractivity (Wildman–Crippen MR) is 139 cm³/mol. The fourth-order valence-corrected chi connectivity index (χ4v) is 4.62. The van der Waals surface area contributed by atoms with Gasteiger partial charge < -0.3 is 4.74 Å². The Kier molecular flexibility index (Phi) is 6.77. The molecule has 4 aromatic rings. The van der Waals surface area contributed by atoms with Gasteiger partial charge in [0.25, 0.3) is 0 Å². The van der Waals surface area contributed by atoms with Crippen molar-refractivity contribution in [1.29, 1.82) is 0 Å². The summed E-state index contributed by atoms with van der Waals surface area (Å²) in [5.74, 6) is 3.41. The molecule has 0 saturated heterocycles. The summed E-state index contributed by atoms with van der Waals surface area (Å²) in [4.78, 5) is 17.9. The first kappa shape index (κ1) is 24.2. The Morgan fingerprint density at radius 3 is 2.46 bits per heavy atom. The molecule has 3 aromatic carbocycles. The number of nitrogens with zero attached hydrogens (tertiary/aromatic N) is 2. The number of aromatic nitrogens is 2. The second-order valence-corrected chi connectivity index (χ2v) is 10.7. The van der Waals surface area contributed by atoms with Crippen LogP contribution in [0.4, 0.5) is 0 Å². The maximum atomic E-state index is 13.2. The monoisotopic (exact) mass is 486 g/mol. The first-order chi connectivity index (χ1) is 16.7. The van der Waals surface area contributed by atoms with Crippen LogP contribution in [-0.4, -0.2) is 30.8 Å². The predicted octanol–water partition coefficient (Wildman–Crippen LogP) is 4.65. The maximum Gasteiger partial charge on any atom is 0.348 e. The van der Waals surface area contributed by atoms with Crippen LogP contribution < -0.4 is 10.4 Å². The molecule has 4 rings (SSSR count). The van der Waals surface area contributed by atoms with Gasteiger partial charge in [-0.25, -0.2) is 13.2 Å². The normalized spacial score (nSPS) is 11.5. The van der Waals surface area contributed by atoms with E-state index in [1.807, 2.05) is 30.3 Å². The van der Waals surface area contributed by atoms with Crippen molar-refractivity contribution in [2.45, 2.75) is 31.2 Å². The highest BCUT2D eigenvalue weighted by Gasteiger charge is 2.15. The van der Waals surface area contributed by atoms with E-state index in [1.165, 1.54) is 16.2 Å². The third-order valence-electron chi connectivity index (χ3n) is 5.79. The summed E-state index contributed by atoms with van der Waals surface area (Å²) in [7, 11) is -3.37. The Morgan fingerprint density at radius 2 is 1.80 bits per heavy atom. The molecule has 0 atom stereocenters. The molecule has 0 N–H and O–H groups in total. The molecule has 178 valence electrons. The Balaban J connectivity index is 1.88. The molecule has 0 radical (unpaired) electrons. The number of fused-ring (bicyclic) bond motifs is 1. The van der Waals surface area contributed by atoms with Crippen LogP contribution in [0.5, 0.6) is 5.75 Å². The summed E-state index contributed by atoms with van der Waals surface area (Å²) in [6, 6.07) is 20.0. The van der Waals surface area contributed by atoms with Crippen molar-refractivity contribution in [2.24, 2.45) is 0 Å². The van der Waals surface area contributed by atoms with Crippen LogP contribution in [0.15, 0.2) is 76.4 Å². The number of ether oxygens (including phenoxy) is 1. The Labute approximate surface area is 205 Å². The SMILES string of the molecule is C#CCOc1ccc2c(c1)c(-c1ccc(C(C)C)cc1)nc(=O)n2Cc1cccc(S(C)(=O)=O)c1. The number of rotatable bonds is 7. The third kappa shape index (κ3) is 5.28. The van der Waals surface area contributed by atoms with E-state index in [2.05, 4.69) is 24.8 Å². The summed E-state index contributed by atoms with van der Waals surface area (Å²) in [6.45, 7) is 4.54. The highest BCUT2D eigenvalue weighted by atomic mass is 32.2. The number of benzene rings is 3. The molecule has 0 aliphatic rings.